The van der Waals surface area contributed by atoms with E-state index in [1.54, 1.807) is 7.11 Å². The van der Waals surface area contributed by atoms with Gasteiger partial charge in [-0.2, -0.15) is 0 Å². The van der Waals surface area contributed by atoms with Gasteiger partial charge in [-0.15, -0.1) is 0 Å². The normalized spacial score (nSPS) is 11.7. The molecule has 1 aromatic heterocycles. The van der Waals surface area contributed by atoms with Crippen molar-refractivity contribution in [2.45, 2.75) is 39.7 Å². The average molecular weight is 405 g/mol. The van der Waals surface area contributed by atoms with Crippen LogP contribution in [0.1, 0.15) is 41.2 Å². The van der Waals surface area contributed by atoms with Gasteiger partial charge >= 0.3 is 0 Å². The van der Waals surface area contributed by atoms with Crippen LogP contribution in [-0.2, 0) is 17.6 Å². The molecule has 1 N–H and O–H groups in total. The lowest BCUT2D eigenvalue weighted by atomic mass is 10.1. The largest absolute Gasteiger partial charge is 0.457 e. The molecule has 1 amide bonds. The summed E-state index contributed by atoms with van der Waals surface area (Å²) in [4.78, 5) is 17.2. The molecule has 0 bridgehead atoms. The van der Waals surface area contributed by atoms with E-state index in [9.17, 15) is 4.79 Å². The molecule has 1 heterocycles. The first kappa shape index (κ1) is 21.5. The number of anilines is 1. The van der Waals surface area contributed by atoms with E-state index in [2.05, 4.69) is 29.4 Å². The maximum Gasteiger partial charge on any atom is 0.257 e. The lowest BCUT2D eigenvalue weighted by Crippen LogP contribution is -2.16. The Morgan fingerprint density at radius 1 is 1.00 bits per heavy atom. The zero-order valence-electron chi connectivity index (χ0n) is 17.9. The third-order valence-corrected chi connectivity index (χ3v) is 4.97. The fraction of sp³-hybridized carbons (Fsp3) is 0.280. The van der Waals surface area contributed by atoms with Gasteiger partial charge in [0.15, 0.2) is 0 Å². The smallest absolute Gasteiger partial charge is 0.257 e. The second kappa shape index (κ2) is 10.0. The van der Waals surface area contributed by atoms with Crippen molar-refractivity contribution in [3.63, 3.8) is 0 Å². The number of aromatic nitrogens is 1. The molecule has 3 aromatic rings. The molecule has 156 valence electrons. The number of benzene rings is 2. The van der Waals surface area contributed by atoms with Gasteiger partial charge in [-0.1, -0.05) is 19.1 Å². The number of ether oxygens (including phenoxy) is 2. The first-order chi connectivity index (χ1) is 14.5. The molecule has 0 aliphatic heterocycles. The van der Waals surface area contributed by atoms with Gasteiger partial charge in [-0.25, -0.2) is 0 Å². The van der Waals surface area contributed by atoms with Crippen molar-refractivity contribution in [3.05, 3.63) is 83.2 Å². The molecule has 0 fully saturated rings. The van der Waals surface area contributed by atoms with Gasteiger partial charge in [0.1, 0.15) is 11.5 Å². The molecular formula is C25H28N2O3. The Kier molecular flexibility index (Phi) is 7.20. The number of pyridine rings is 1. The van der Waals surface area contributed by atoms with E-state index in [0.717, 1.165) is 17.9 Å². The summed E-state index contributed by atoms with van der Waals surface area (Å²) in [6, 6.07) is 19.0. The molecule has 0 saturated heterocycles. The number of aryl methyl sites for hydroxylation is 2. The summed E-state index contributed by atoms with van der Waals surface area (Å²) < 4.78 is 11.1. The van der Waals surface area contributed by atoms with Gasteiger partial charge in [-0.05, 0) is 74.4 Å². The molecule has 1 atom stereocenters. The van der Waals surface area contributed by atoms with Crippen LogP contribution in [-0.4, -0.2) is 24.1 Å². The highest BCUT2D eigenvalue weighted by atomic mass is 16.5. The van der Waals surface area contributed by atoms with Crippen LogP contribution in [0.3, 0.4) is 0 Å². The minimum absolute atomic E-state index is 0.0851. The van der Waals surface area contributed by atoms with E-state index in [1.807, 2.05) is 62.4 Å². The molecule has 0 spiro atoms. The topological polar surface area (TPSA) is 60.5 Å². The third-order valence-electron chi connectivity index (χ3n) is 4.97. The fourth-order valence-electron chi connectivity index (χ4n) is 3.08. The molecule has 5 heteroatoms. The molecule has 1 unspecified atom stereocenters. The number of hydrogen-bond donors (Lipinski definition) is 1. The fourth-order valence-corrected chi connectivity index (χ4v) is 3.08. The summed E-state index contributed by atoms with van der Waals surface area (Å²) in [6.07, 6.45) is 1.79. The Labute approximate surface area is 178 Å². The maximum atomic E-state index is 12.7. The van der Waals surface area contributed by atoms with Crippen LogP contribution >= 0.6 is 0 Å². The maximum absolute atomic E-state index is 12.7. The van der Waals surface area contributed by atoms with E-state index < -0.39 is 0 Å². The first-order valence-corrected chi connectivity index (χ1v) is 10.2. The predicted molar refractivity (Wildman–Crippen MR) is 119 cm³/mol. The van der Waals surface area contributed by atoms with Crippen molar-refractivity contribution in [1.29, 1.82) is 0 Å². The predicted octanol–water partition coefficient (Wildman–Crippen LogP) is 5.57. The third kappa shape index (κ3) is 5.67. The molecule has 5 nitrogen and oxygen atoms in total. The van der Waals surface area contributed by atoms with Gasteiger partial charge in [0.05, 0.1) is 17.4 Å². The molecule has 30 heavy (non-hydrogen) atoms. The monoisotopic (exact) mass is 404 g/mol. The van der Waals surface area contributed by atoms with Crippen molar-refractivity contribution in [2.24, 2.45) is 0 Å². The average Bonchev–Trinajstić information content (AvgIpc) is 2.75. The van der Waals surface area contributed by atoms with E-state index in [0.29, 0.717) is 29.1 Å². The van der Waals surface area contributed by atoms with Crippen LogP contribution in [0.4, 0.5) is 5.69 Å². The lowest BCUT2D eigenvalue weighted by molar-refractivity contribution is 0.102. The van der Waals surface area contributed by atoms with Crippen LogP contribution in [0.15, 0.2) is 60.7 Å². The van der Waals surface area contributed by atoms with Crippen molar-refractivity contribution in [2.75, 3.05) is 12.4 Å². The number of carbonyl (C=O) groups is 1. The van der Waals surface area contributed by atoms with Crippen molar-refractivity contribution < 1.29 is 14.3 Å². The van der Waals surface area contributed by atoms with E-state index >= 15 is 0 Å². The molecule has 0 radical (unpaired) electrons. The Balaban J connectivity index is 1.62. The zero-order chi connectivity index (χ0) is 21.5. The number of methoxy groups -OCH3 is 1. The highest BCUT2D eigenvalue weighted by molar-refractivity contribution is 6.05. The molecule has 0 aliphatic rings. The number of nitrogens with one attached hydrogen (secondary N) is 1. The highest BCUT2D eigenvalue weighted by Gasteiger charge is 2.12. The summed E-state index contributed by atoms with van der Waals surface area (Å²) in [5, 5.41) is 2.92. The van der Waals surface area contributed by atoms with Gasteiger partial charge in [0.2, 0.25) is 0 Å². The SMILES string of the molecule is CCc1ccc(Oc2ccc(NC(=O)c3ccc(CC(C)OC)nc3C)cc2)cc1. The highest BCUT2D eigenvalue weighted by Crippen LogP contribution is 2.24. The molecule has 0 aliphatic carbocycles. The number of carbonyl (C=O) groups excluding carboxylic acids is 1. The van der Waals surface area contributed by atoms with E-state index in [1.165, 1.54) is 5.56 Å². The number of hydrogen-bond acceptors (Lipinski definition) is 4. The minimum Gasteiger partial charge on any atom is -0.457 e. The van der Waals surface area contributed by atoms with Gasteiger partial charge < -0.3 is 14.8 Å². The molecule has 0 saturated carbocycles. The Morgan fingerprint density at radius 2 is 1.63 bits per heavy atom. The van der Waals surface area contributed by atoms with Crippen LogP contribution in [0.2, 0.25) is 0 Å². The van der Waals surface area contributed by atoms with Crippen LogP contribution in [0.5, 0.6) is 11.5 Å². The number of amides is 1. The van der Waals surface area contributed by atoms with Gasteiger partial charge in [0.25, 0.3) is 5.91 Å². The standard InChI is InChI=1S/C25H28N2O3/c1-5-19-6-11-22(12-7-19)30-23-13-8-20(9-14-23)27-25(28)24-15-10-21(26-18(24)3)16-17(2)29-4/h6-15,17H,5,16H2,1-4H3,(H,27,28). The second-order valence-corrected chi connectivity index (χ2v) is 7.26. The number of rotatable bonds is 8. The van der Waals surface area contributed by atoms with Crippen LogP contribution in [0.25, 0.3) is 0 Å². The summed E-state index contributed by atoms with van der Waals surface area (Å²) in [5.74, 6) is 1.32. The zero-order valence-corrected chi connectivity index (χ0v) is 17.9. The van der Waals surface area contributed by atoms with Gasteiger partial charge in [-0.3, -0.25) is 9.78 Å². The Morgan fingerprint density at radius 3 is 2.20 bits per heavy atom. The van der Waals surface area contributed by atoms with Gasteiger partial charge in [0, 0.05) is 24.9 Å². The molecular weight excluding hydrogens is 376 g/mol. The summed E-state index contributed by atoms with van der Waals surface area (Å²) >= 11 is 0. The summed E-state index contributed by atoms with van der Waals surface area (Å²) in [5.41, 5.74) is 4.13. The van der Waals surface area contributed by atoms with Crippen molar-refractivity contribution in [1.82, 2.24) is 4.98 Å². The Bertz CT molecular complexity index is 982. The van der Waals surface area contributed by atoms with Crippen molar-refractivity contribution in [3.8, 4) is 11.5 Å². The lowest BCUT2D eigenvalue weighted by Gasteiger charge is -2.12. The second-order valence-electron chi connectivity index (χ2n) is 7.26. The summed E-state index contributed by atoms with van der Waals surface area (Å²) in [6.45, 7) is 5.96. The minimum atomic E-state index is -0.185. The Hall–Kier alpha value is -3.18. The molecule has 3 rings (SSSR count). The van der Waals surface area contributed by atoms with E-state index in [-0.39, 0.29) is 12.0 Å². The number of nitrogens with zero attached hydrogens (tertiary/aromatic N) is 1. The quantitative estimate of drug-likeness (QED) is 0.533. The van der Waals surface area contributed by atoms with E-state index in [4.69, 9.17) is 9.47 Å². The first-order valence-electron chi connectivity index (χ1n) is 10.2. The van der Waals surface area contributed by atoms with Crippen molar-refractivity contribution >= 4 is 11.6 Å². The van der Waals surface area contributed by atoms with Crippen LogP contribution < -0.4 is 10.1 Å². The molecule has 2 aromatic carbocycles. The summed E-state index contributed by atoms with van der Waals surface area (Å²) in [7, 11) is 1.68. The van der Waals surface area contributed by atoms with Crippen LogP contribution in [0, 0.1) is 6.92 Å².